The fourth-order valence-corrected chi connectivity index (χ4v) is 1.97. The first-order valence-electron chi connectivity index (χ1n) is 6.57. The van der Waals surface area contributed by atoms with Crippen LogP contribution in [0.4, 0.5) is 0 Å². The van der Waals surface area contributed by atoms with Gasteiger partial charge in [0.05, 0.1) is 14.2 Å². The molecule has 0 saturated heterocycles. The van der Waals surface area contributed by atoms with Gasteiger partial charge in [-0.3, -0.25) is 4.79 Å². The van der Waals surface area contributed by atoms with E-state index in [2.05, 4.69) is 0 Å². The molecule has 0 saturated carbocycles. The summed E-state index contributed by atoms with van der Waals surface area (Å²) in [5.74, 6) is 0.972. The van der Waals surface area contributed by atoms with E-state index in [1.54, 1.807) is 18.2 Å². The second-order valence-corrected chi connectivity index (χ2v) is 4.77. The number of nitrogens with zero attached hydrogens (tertiary/aromatic N) is 2. The maximum absolute atomic E-state index is 10.7. The fraction of sp³-hybridized carbons (Fsp3) is 0.333. The first kappa shape index (κ1) is 18.0. The van der Waals surface area contributed by atoms with E-state index in [4.69, 9.17) is 9.47 Å². The van der Waals surface area contributed by atoms with E-state index in [1.807, 2.05) is 34.9 Å². The van der Waals surface area contributed by atoms with E-state index in [-0.39, 0.29) is 19.0 Å². The SMILES string of the molecule is COc1cc(C=O)ccc1OCC(O)Cn1cc[n+](C)c1.[Cl-]. The van der Waals surface area contributed by atoms with Crippen LogP contribution in [-0.4, -0.2) is 35.8 Å². The molecule has 6 nitrogen and oxygen atoms in total. The minimum Gasteiger partial charge on any atom is -1.00 e. The monoisotopic (exact) mass is 326 g/mol. The molecule has 1 N–H and O–H groups in total. The fourth-order valence-electron chi connectivity index (χ4n) is 1.97. The summed E-state index contributed by atoms with van der Waals surface area (Å²) in [6.07, 6.45) is 5.75. The number of aliphatic hydroxyl groups excluding tert-OH is 1. The molecule has 0 spiro atoms. The Labute approximate surface area is 135 Å². The summed E-state index contributed by atoms with van der Waals surface area (Å²) >= 11 is 0. The van der Waals surface area contributed by atoms with Crippen LogP contribution in [0.5, 0.6) is 11.5 Å². The number of ether oxygens (including phenoxy) is 2. The summed E-state index contributed by atoms with van der Waals surface area (Å²) in [5, 5.41) is 9.99. The lowest BCUT2D eigenvalue weighted by Crippen LogP contribution is -3.00. The number of aromatic nitrogens is 2. The van der Waals surface area contributed by atoms with Crippen molar-refractivity contribution in [3.63, 3.8) is 0 Å². The normalized spacial score (nSPS) is 11.4. The highest BCUT2D eigenvalue weighted by molar-refractivity contribution is 5.76. The van der Waals surface area contributed by atoms with Crippen LogP contribution in [0.3, 0.4) is 0 Å². The Bertz CT molecular complexity index is 615. The van der Waals surface area contributed by atoms with Gasteiger partial charge in [-0.1, -0.05) is 0 Å². The molecule has 0 radical (unpaired) electrons. The quantitative estimate of drug-likeness (QED) is 0.454. The van der Waals surface area contributed by atoms with E-state index in [9.17, 15) is 9.90 Å². The van der Waals surface area contributed by atoms with Crippen molar-refractivity contribution in [2.24, 2.45) is 7.05 Å². The van der Waals surface area contributed by atoms with Crippen LogP contribution in [0.15, 0.2) is 36.9 Å². The molecule has 120 valence electrons. The molecule has 1 aromatic heterocycles. The number of aldehydes is 1. The van der Waals surface area contributed by atoms with Crippen molar-refractivity contribution < 1.29 is 36.3 Å². The second-order valence-electron chi connectivity index (χ2n) is 4.77. The molecule has 0 aliphatic heterocycles. The number of carbonyl (C=O) groups is 1. The van der Waals surface area contributed by atoms with Gasteiger partial charge in [0.1, 0.15) is 37.9 Å². The minimum absolute atomic E-state index is 0. The highest BCUT2D eigenvalue weighted by atomic mass is 35.5. The Kier molecular flexibility index (Phi) is 6.88. The van der Waals surface area contributed by atoms with E-state index in [0.29, 0.717) is 23.6 Å². The third-order valence-electron chi connectivity index (χ3n) is 3.00. The van der Waals surface area contributed by atoms with Crippen LogP contribution in [-0.2, 0) is 13.6 Å². The van der Waals surface area contributed by atoms with Gasteiger partial charge >= 0.3 is 0 Å². The number of benzene rings is 1. The van der Waals surface area contributed by atoms with Crippen molar-refractivity contribution in [2.45, 2.75) is 12.6 Å². The van der Waals surface area contributed by atoms with Crippen molar-refractivity contribution in [1.82, 2.24) is 4.57 Å². The zero-order chi connectivity index (χ0) is 15.2. The minimum atomic E-state index is -0.646. The van der Waals surface area contributed by atoms with Crippen molar-refractivity contribution >= 4 is 6.29 Å². The predicted octanol–water partition coefficient (Wildman–Crippen LogP) is -2.42. The van der Waals surface area contributed by atoms with Crippen LogP contribution in [0, 0.1) is 0 Å². The van der Waals surface area contributed by atoms with Crippen molar-refractivity contribution in [3.05, 3.63) is 42.5 Å². The molecule has 0 fully saturated rings. The Hall–Kier alpha value is -2.05. The summed E-state index contributed by atoms with van der Waals surface area (Å²) < 4.78 is 14.5. The molecule has 1 aromatic carbocycles. The Morgan fingerprint density at radius 2 is 2.18 bits per heavy atom. The van der Waals surface area contributed by atoms with Gasteiger partial charge in [0, 0.05) is 5.56 Å². The molecular weight excluding hydrogens is 308 g/mol. The number of carbonyl (C=O) groups excluding carboxylic acids is 1. The number of hydrogen-bond acceptors (Lipinski definition) is 4. The lowest BCUT2D eigenvalue weighted by molar-refractivity contribution is -0.671. The molecule has 0 amide bonds. The first-order valence-corrected chi connectivity index (χ1v) is 6.57. The Balaban J connectivity index is 0.00000242. The maximum Gasteiger partial charge on any atom is 0.243 e. The Morgan fingerprint density at radius 1 is 1.41 bits per heavy atom. The average Bonchev–Trinajstić information content (AvgIpc) is 2.90. The number of imidazole rings is 1. The number of rotatable bonds is 7. The first-order chi connectivity index (χ1) is 10.1. The average molecular weight is 327 g/mol. The van der Waals surface area contributed by atoms with Gasteiger partial charge in [-0.15, -0.1) is 0 Å². The predicted molar refractivity (Wildman–Crippen MR) is 75.5 cm³/mol. The number of halogens is 1. The summed E-state index contributed by atoms with van der Waals surface area (Å²) in [7, 11) is 3.42. The van der Waals surface area contributed by atoms with Crippen LogP contribution < -0.4 is 26.4 Å². The molecule has 0 bridgehead atoms. The molecule has 1 atom stereocenters. The molecular formula is C15H19ClN2O4. The van der Waals surface area contributed by atoms with Gasteiger partial charge < -0.3 is 27.0 Å². The van der Waals surface area contributed by atoms with Crippen molar-refractivity contribution in [3.8, 4) is 11.5 Å². The molecule has 2 aromatic rings. The van der Waals surface area contributed by atoms with Crippen LogP contribution >= 0.6 is 0 Å². The molecule has 1 heterocycles. The summed E-state index contributed by atoms with van der Waals surface area (Å²) in [6.45, 7) is 0.578. The standard InChI is InChI=1S/C15H19N2O4.ClH/c1-16-5-6-17(11-16)8-13(19)10-21-14-4-3-12(9-18)7-15(14)20-2;/h3-7,9,11,13,19H,8,10H2,1-2H3;1H/q+1;/p-1. The van der Waals surface area contributed by atoms with Gasteiger partial charge in [-0.05, 0) is 18.2 Å². The topological polar surface area (TPSA) is 64.6 Å². The molecule has 2 rings (SSSR count). The molecule has 7 heteroatoms. The molecule has 0 aliphatic carbocycles. The largest absolute Gasteiger partial charge is 1.00 e. The number of aliphatic hydroxyl groups is 1. The summed E-state index contributed by atoms with van der Waals surface area (Å²) in [6, 6.07) is 4.90. The summed E-state index contributed by atoms with van der Waals surface area (Å²) in [5.41, 5.74) is 0.514. The summed E-state index contributed by atoms with van der Waals surface area (Å²) in [4.78, 5) is 10.7. The Morgan fingerprint density at radius 3 is 2.77 bits per heavy atom. The van der Waals surface area contributed by atoms with Gasteiger partial charge in [0.15, 0.2) is 11.5 Å². The van der Waals surface area contributed by atoms with E-state index in [0.717, 1.165) is 6.29 Å². The van der Waals surface area contributed by atoms with E-state index >= 15 is 0 Å². The highest BCUT2D eigenvalue weighted by Gasteiger charge is 2.12. The highest BCUT2D eigenvalue weighted by Crippen LogP contribution is 2.27. The third kappa shape index (κ3) is 4.75. The maximum atomic E-state index is 10.7. The zero-order valence-electron chi connectivity index (χ0n) is 12.5. The van der Waals surface area contributed by atoms with Gasteiger partial charge in [0.25, 0.3) is 0 Å². The molecule has 1 unspecified atom stereocenters. The van der Waals surface area contributed by atoms with Crippen LogP contribution in [0.1, 0.15) is 10.4 Å². The van der Waals surface area contributed by atoms with Crippen LogP contribution in [0.25, 0.3) is 0 Å². The smallest absolute Gasteiger partial charge is 0.243 e. The molecule has 22 heavy (non-hydrogen) atoms. The lowest BCUT2D eigenvalue weighted by atomic mass is 10.2. The lowest BCUT2D eigenvalue weighted by Gasteiger charge is -2.13. The zero-order valence-corrected chi connectivity index (χ0v) is 13.2. The van der Waals surface area contributed by atoms with Gasteiger partial charge in [-0.25, -0.2) is 9.13 Å². The number of hydrogen-bond donors (Lipinski definition) is 1. The molecule has 0 aliphatic rings. The number of aryl methyl sites for hydroxylation is 1. The van der Waals surface area contributed by atoms with Crippen molar-refractivity contribution in [2.75, 3.05) is 13.7 Å². The van der Waals surface area contributed by atoms with Gasteiger partial charge in [-0.2, -0.15) is 0 Å². The third-order valence-corrected chi connectivity index (χ3v) is 3.00. The van der Waals surface area contributed by atoms with Crippen molar-refractivity contribution in [1.29, 1.82) is 0 Å². The van der Waals surface area contributed by atoms with E-state index in [1.165, 1.54) is 7.11 Å². The van der Waals surface area contributed by atoms with E-state index < -0.39 is 6.10 Å². The second kappa shape index (κ2) is 8.41. The van der Waals surface area contributed by atoms with Crippen LogP contribution in [0.2, 0.25) is 0 Å². The van der Waals surface area contributed by atoms with Gasteiger partial charge in [0.2, 0.25) is 6.33 Å². The number of methoxy groups -OCH3 is 1.